The minimum absolute atomic E-state index is 0.0291. The van der Waals surface area contributed by atoms with Crippen molar-refractivity contribution in [3.63, 3.8) is 0 Å². The number of carbonyl (C=O) groups is 1. The third-order valence-corrected chi connectivity index (χ3v) is 5.00. The van der Waals surface area contributed by atoms with Crippen LogP contribution in [0.2, 0.25) is 0 Å². The highest BCUT2D eigenvalue weighted by atomic mass is 19.2. The van der Waals surface area contributed by atoms with Gasteiger partial charge in [-0.25, -0.2) is 13.2 Å². The normalized spacial score (nSPS) is 18.8. The number of amides is 1. The average molecular weight is 395 g/mol. The Morgan fingerprint density at radius 1 is 1.14 bits per heavy atom. The van der Waals surface area contributed by atoms with Crippen LogP contribution in [0.15, 0.2) is 30.3 Å². The lowest BCUT2D eigenvalue weighted by molar-refractivity contribution is -0.910. The summed E-state index contributed by atoms with van der Waals surface area (Å²) in [7, 11) is 3.15. The summed E-state index contributed by atoms with van der Waals surface area (Å²) in [5, 5.41) is 2.33. The summed E-state index contributed by atoms with van der Waals surface area (Å²) >= 11 is 0. The van der Waals surface area contributed by atoms with Gasteiger partial charge in [0.1, 0.15) is 17.5 Å². The molecule has 1 saturated heterocycles. The number of ether oxygens (including phenoxy) is 2. The van der Waals surface area contributed by atoms with Crippen LogP contribution in [-0.4, -0.2) is 33.2 Å². The molecule has 8 heteroatoms. The molecule has 1 aliphatic rings. The second-order valence-electron chi connectivity index (χ2n) is 6.66. The largest absolute Gasteiger partial charge is 0.497 e. The summed E-state index contributed by atoms with van der Waals surface area (Å²) in [4.78, 5) is 13.4. The summed E-state index contributed by atoms with van der Waals surface area (Å²) in [6.07, 6.45) is 1.78. The Morgan fingerprint density at radius 2 is 1.93 bits per heavy atom. The Balaban J connectivity index is 1.74. The fraction of sp³-hybridized carbons (Fsp3) is 0.350. The lowest BCUT2D eigenvalue weighted by Gasteiger charge is -2.23. The molecule has 3 rings (SSSR count). The highest BCUT2D eigenvalue weighted by Gasteiger charge is 2.34. The number of likely N-dealkylation sites (tertiary alicyclic amines) is 1. The Morgan fingerprint density at radius 3 is 2.64 bits per heavy atom. The SMILES string of the molecule is COc1ccc([C@@H]2CCC[NH+]2CC(=O)Nc2ccc(F)c(F)c2F)c(OC)c1. The van der Waals surface area contributed by atoms with E-state index in [2.05, 4.69) is 5.32 Å². The lowest BCUT2D eigenvalue weighted by atomic mass is 10.0. The van der Waals surface area contributed by atoms with E-state index in [-0.39, 0.29) is 18.3 Å². The first-order valence-corrected chi connectivity index (χ1v) is 8.94. The number of anilines is 1. The number of methoxy groups -OCH3 is 2. The van der Waals surface area contributed by atoms with E-state index in [0.29, 0.717) is 11.5 Å². The standard InChI is InChI=1S/C20H21F3N2O3/c1-27-12-5-6-13(17(10-12)28-2)16-4-3-9-25(16)11-18(26)24-15-8-7-14(21)19(22)20(15)23/h5-8,10,16H,3-4,9,11H2,1-2H3,(H,24,26)/p+1/t16-/m0/s1. The maximum absolute atomic E-state index is 13.8. The Kier molecular flexibility index (Phi) is 6.08. The van der Waals surface area contributed by atoms with Gasteiger partial charge in [0.05, 0.1) is 32.0 Å². The van der Waals surface area contributed by atoms with Crippen molar-refractivity contribution in [1.82, 2.24) is 0 Å². The molecule has 1 amide bonds. The first-order chi connectivity index (χ1) is 13.4. The van der Waals surface area contributed by atoms with E-state index < -0.39 is 23.4 Å². The summed E-state index contributed by atoms with van der Waals surface area (Å²) in [5.74, 6) is -3.43. The van der Waals surface area contributed by atoms with Crippen LogP contribution in [0, 0.1) is 17.5 Å². The highest BCUT2D eigenvalue weighted by Crippen LogP contribution is 2.31. The van der Waals surface area contributed by atoms with E-state index in [4.69, 9.17) is 9.47 Å². The second kappa shape index (κ2) is 8.52. The van der Waals surface area contributed by atoms with Crippen molar-refractivity contribution >= 4 is 11.6 Å². The van der Waals surface area contributed by atoms with Crippen molar-refractivity contribution in [2.75, 3.05) is 32.6 Å². The first-order valence-electron chi connectivity index (χ1n) is 8.94. The van der Waals surface area contributed by atoms with E-state index >= 15 is 0 Å². The third kappa shape index (κ3) is 4.06. The quantitative estimate of drug-likeness (QED) is 0.739. The number of rotatable bonds is 6. The number of halogens is 3. The molecule has 0 saturated carbocycles. The average Bonchev–Trinajstić information content (AvgIpc) is 3.15. The van der Waals surface area contributed by atoms with Gasteiger partial charge in [-0.3, -0.25) is 4.79 Å². The van der Waals surface area contributed by atoms with Gasteiger partial charge < -0.3 is 19.7 Å². The van der Waals surface area contributed by atoms with Crippen LogP contribution in [-0.2, 0) is 4.79 Å². The fourth-order valence-corrected chi connectivity index (χ4v) is 3.63. The van der Waals surface area contributed by atoms with Crippen molar-refractivity contribution < 1.29 is 32.3 Å². The Labute approximate surface area is 161 Å². The molecule has 0 aliphatic carbocycles. The van der Waals surface area contributed by atoms with Gasteiger partial charge in [-0.15, -0.1) is 0 Å². The topological polar surface area (TPSA) is 52.0 Å². The van der Waals surface area contributed by atoms with E-state index in [0.717, 1.165) is 42.0 Å². The van der Waals surface area contributed by atoms with Gasteiger partial charge in [-0.05, 0) is 24.3 Å². The molecule has 2 aromatic carbocycles. The summed E-state index contributed by atoms with van der Waals surface area (Å²) in [6.45, 7) is 0.825. The molecule has 28 heavy (non-hydrogen) atoms. The van der Waals surface area contributed by atoms with Gasteiger partial charge in [0, 0.05) is 18.9 Å². The van der Waals surface area contributed by atoms with Gasteiger partial charge in [0.15, 0.2) is 24.0 Å². The molecule has 1 aliphatic heterocycles. The van der Waals surface area contributed by atoms with Crippen LogP contribution in [0.5, 0.6) is 11.5 Å². The number of benzene rings is 2. The molecule has 150 valence electrons. The second-order valence-corrected chi connectivity index (χ2v) is 6.66. The van der Waals surface area contributed by atoms with Crippen LogP contribution in [0.25, 0.3) is 0 Å². The Hall–Kier alpha value is -2.74. The molecule has 2 N–H and O–H groups in total. The van der Waals surface area contributed by atoms with Crippen molar-refractivity contribution in [2.24, 2.45) is 0 Å². The lowest BCUT2D eigenvalue weighted by Crippen LogP contribution is -3.11. The molecule has 2 aromatic rings. The molecule has 1 unspecified atom stereocenters. The summed E-state index contributed by atoms with van der Waals surface area (Å²) in [5.41, 5.74) is 0.587. The zero-order chi connectivity index (χ0) is 20.3. The monoisotopic (exact) mass is 395 g/mol. The first kappa shape index (κ1) is 20.0. The maximum Gasteiger partial charge on any atom is 0.279 e. The predicted octanol–water partition coefficient (Wildman–Crippen LogP) is 2.48. The number of hydrogen-bond donors (Lipinski definition) is 2. The Bertz CT molecular complexity index is 876. The zero-order valence-electron chi connectivity index (χ0n) is 15.7. The molecular weight excluding hydrogens is 373 g/mol. The molecule has 0 bridgehead atoms. The molecule has 0 radical (unpaired) electrons. The summed E-state index contributed by atoms with van der Waals surface area (Å²) < 4.78 is 50.9. The number of nitrogens with one attached hydrogen (secondary N) is 2. The van der Waals surface area contributed by atoms with Crippen LogP contribution in [0.4, 0.5) is 18.9 Å². The van der Waals surface area contributed by atoms with E-state index in [1.165, 1.54) is 0 Å². The van der Waals surface area contributed by atoms with Gasteiger partial charge in [0.25, 0.3) is 5.91 Å². The molecule has 0 spiro atoms. The molecular formula is C20H22F3N2O3+. The van der Waals surface area contributed by atoms with Gasteiger partial charge in [0.2, 0.25) is 0 Å². The van der Waals surface area contributed by atoms with Gasteiger partial charge in [-0.1, -0.05) is 0 Å². The molecule has 1 heterocycles. The number of carbonyl (C=O) groups excluding carboxylic acids is 1. The van der Waals surface area contributed by atoms with Crippen LogP contribution < -0.4 is 19.7 Å². The zero-order valence-corrected chi connectivity index (χ0v) is 15.7. The number of hydrogen-bond acceptors (Lipinski definition) is 3. The van der Waals surface area contributed by atoms with Crippen molar-refractivity contribution in [1.29, 1.82) is 0 Å². The smallest absolute Gasteiger partial charge is 0.279 e. The van der Waals surface area contributed by atoms with Crippen LogP contribution in [0.1, 0.15) is 24.4 Å². The molecule has 5 nitrogen and oxygen atoms in total. The highest BCUT2D eigenvalue weighted by molar-refractivity contribution is 5.91. The van der Waals surface area contributed by atoms with Crippen LogP contribution >= 0.6 is 0 Å². The third-order valence-electron chi connectivity index (χ3n) is 5.00. The predicted molar refractivity (Wildman–Crippen MR) is 97.2 cm³/mol. The molecule has 1 fully saturated rings. The van der Waals surface area contributed by atoms with E-state index in [1.807, 2.05) is 12.1 Å². The van der Waals surface area contributed by atoms with Crippen LogP contribution in [0.3, 0.4) is 0 Å². The minimum Gasteiger partial charge on any atom is -0.497 e. The van der Waals surface area contributed by atoms with Crippen molar-refractivity contribution in [2.45, 2.75) is 18.9 Å². The van der Waals surface area contributed by atoms with E-state index in [1.54, 1.807) is 20.3 Å². The molecule has 2 atom stereocenters. The van der Waals surface area contributed by atoms with Crippen molar-refractivity contribution in [3.8, 4) is 11.5 Å². The van der Waals surface area contributed by atoms with E-state index in [9.17, 15) is 18.0 Å². The van der Waals surface area contributed by atoms with Gasteiger partial charge >= 0.3 is 0 Å². The van der Waals surface area contributed by atoms with Gasteiger partial charge in [-0.2, -0.15) is 0 Å². The summed E-state index contributed by atoms with van der Waals surface area (Å²) in [6, 6.07) is 7.37. The fourth-order valence-electron chi connectivity index (χ4n) is 3.63. The van der Waals surface area contributed by atoms with Crippen molar-refractivity contribution in [3.05, 3.63) is 53.3 Å². The minimum atomic E-state index is -1.60. The number of quaternary nitrogens is 1. The molecule has 0 aromatic heterocycles. The maximum atomic E-state index is 13.8.